The van der Waals surface area contributed by atoms with Crippen molar-refractivity contribution in [1.82, 2.24) is 10.2 Å². The van der Waals surface area contributed by atoms with Crippen LogP contribution < -0.4 is 9.64 Å². The molecule has 0 radical (unpaired) electrons. The summed E-state index contributed by atoms with van der Waals surface area (Å²) in [7, 11) is 0. The van der Waals surface area contributed by atoms with Crippen LogP contribution in [-0.2, 0) is 9.59 Å². The van der Waals surface area contributed by atoms with E-state index in [4.69, 9.17) is 16.3 Å². The molecule has 1 amide bonds. The van der Waals surface area contributed by atoms with Crippen molar-refractivity contribution >= 4 is 45.5 Å². The highest BCUT2D eigenvalue weighted by molar-refractivity contribution is 7.15. The number of rotatable bonds is 5. The summed E-state index contributed by atoms with van der Waals surface area (Å²) in [5.41, 5.74) is 0.988. The third-order valence-electron chi connectivity index (χ3n) is 4.79. The highest BCUT2D eigenvalue weighted by atomic mass is 35.5. The van der Waals surface area contributed by atoms with E-state index < -0.39 is 17.7 Å². The minimum Gasteiger partial charge on any atom is -0.507 e. The summed E-state index contributed by atoms with van der Waals surface area (Å²) in [6.45, 7) is 4.14. The molecule has 3 aromatic rings. The monoisotopic (exact) mass is 455 g/mol. The predicted octanol–water partition coefficient (Wildman–Crippen LogP) is 4.52. The van der Waals surface area contributed by atoms with Crippen molar-refractivity contribution in [2.75, 3.05) is 11.5 Å². The number of aliphatic hydroxyl groups excluding tert-OH is 1. The van der Waals surface area contributed by atoms with Crippen molar-refractivity contribution in [3.8, 4) is 5.75 Å². The standard InChI is InChI=1S/C22H18ClN3O4S/c1-3-30-16-10-6-14(7-11-16)19(27)17-18(13-4-8-15(23)9-5-13)26(21(29)20(17)28)22-25-24-12(2)31-22/h4-11,18,27H,3H2,1-2H3/b19-17+/t18-/m1/s1. The molecule has 0 aliphatic carbocycles. The third-order valence-corrected chi connectivity index (χ3v) is 5.88. The number of anilines is 1. The molecule has 1 N–H and O–H groups in total. The van der Waals surface area contributed by atoms with Gasteiger partial charge >= 0.3 is 5.91 Å². The van der Waals surface area contributed by atoms with E-state index in [-0.39, 0.29) is 16.5 Å². The molecule has 2 heterocycles. The zero-order chi connectivity index (χ0) is 22.1. The topological polar surface area (TPSA) is 92.6 Å². The minimum absolute atomic E-state index is 0.0238. The van der Waals surface area contributed by atoms with E-state index in [1.54, 1.807) is 55.5 Å². The summed E-state index contributed by atoms with van der Waals surface area (Å²) >= 11 is 7.22. The summed E-state index contributed by atoms with van der Waals surface area (Å²) in [6.07, 6.45) is 0. The van der Waals surface area contributed by atoms with Crippen LogP contribution in [0.25, 0.3) is 5.76 Å². The van der Waals surface area contributed by atoms with Crippen LogP contribution in [0.4, 0.5) is 5.13 Å². The highest BCUT2D eigenvalue weighted by Crippen LogP contribution is 2.43. The Morgan fingerprint density at radius 1 is 1.13 bits per heavy atom. The molecule has 1 fully saturated rings. The molecule has 4 rings (SSSR count). The van der Waals surface area contributed by atoms with Gasteiger partial charge in [-0.05, 0) is 55.8 Å². The number of ether oxygens (including phenoxy) is 1. The zero-order valence-corrected chi connectivity index (χ0v) is 18.3. The number of aryl methyl sites for hydroxylation is 1. The van der Waals surface area contributed by atoms with E-state index in [1.807, 2.05) is 6.92 Å². The number of carbonyl (C=O) groups is 2. The number of benzene rings is 2. The molecule has 1 aliphatic rings. The first-order chi connectivity index (χ1) is 14.9. The lowest BCUT2D eigenvalue weighted by Crippen LogP contribution is -2.29. The second-order valence-corrected chi connectivity index (χ2v) is 8.38. The minimum atomic E-state index is -0.865. The van der Waals surface area contributed by atoms with Crippen molar-refractivity contribution in [2.45, 2.75) is 19.9 Å². The molecular formula is C22H18ClN3O4S. The van der Waals surface area contributed by atoms with Gasteiger partial charge in [0.25, 0.3) is 5.78 Å². The Morgan fingerprint density at radius 2 is 1.81 bits per heavy atom. The SMILES string of the molecule is CCOc1ccc(/C(O)=C2\C(=O)C(=O)N(c3nnc(C)s3)[C@@H]2c2ccc(Cl)cc2)cc1. The molecule has 1 aliphatic heterocycles. The number of ketones is 1. The number of nitrogens with zero attached hydrogens (tertiary/aromatic N) is 3. The first kappa shape index (κ1) is 21.0. The molecule has 1 saturated heterocycles. The highest BCUT2D eigenvalue weighted by Gasteiger charge is 2.48. The van der Waals surface area contributed by atoms with Gasteiger partial charge in [0.1, 0.15) is 16.5 Å². The maximum absolute atomic E-state index is 13.0. The fourth-order valence-electron chi connectivity index (χ4n) is 3.40. The number of amides is 1. The molecule has 0 bridgehead atoms. The molecule has 2 aromatic carbocycles. The number of Topliss-reactive ketones (excluding diaryl/α,β-unsaturated/α-hetero) is 1. The van der Waals surface area contributed by atoms with Crippen LogP contribution in [0, 0.1) is 6.92 Å². The van der Waals surface area contributed by atoms with Gasteiger partial charge < -0.3 is 9.84 Å². The Morgan fingerprint density at radius 3 is 2.39 bits per heavy atom. The molecule has 1 aromatic heterocycles. The van der Waals surface area contributed by atoms with Gasteiger partial charge in [0.05, 0.1) is 18.2 Å². The first-order valence-electron chi connectivity index (χ1n) is 9.50. The molecule has 1 atom stereocenters. The Kier molecular flexibility index (Phi) is 5.75. The number of hydrogen-bond donors (Lipinski definition) is 1. The number of carbonyl (C=O) groups excluding carboxylic acids is 2. The van der Waals surface area contributed by atoms with Gasteiger partial charge in [-0.15, -0.1) is 10.2 Å². The van der Waals surface area contributed by atoms with Crippen molar-refractivity contribution in [1.29, 1.82) is 0 Å². The normalized spacial score (nSPS) is 17.9. The Labute approximate surface area is 187 Å². The van der Waals surface area contributed by atoms with Crippen LogP contribution in [0.5, 0.6) is 5.75 Å². The molecule has 0 unspecified atom stereocenters. The van der Waals surface area contributed by atoms with E-state index in [2.05, 4.69) is 10.2 Å². The lowest BCUT2D eigenvalue weighted by molar-refractivity contribution is -0.132. The summed E-state index contributed by atoms with van der Waals surface area (Å²) in [5.74, 6) is -1.20. The van der Waals surface area contributed by atoms with Gasteiger partial charge in [-0.25, -0.2) is 0 Å². The lowest BCUT2D eigenvalue weighted by atomic mass is 9.95. The van der Waals surface area contributed by atoms with Gasteiger partial charge in [0.2, 0.25) is 5.13 Å². The summed E-state index contributed by atoms with van der Waals surface area (Å²) in [6, 6.07) is 12.6. The van der Waals surface area contributed by atoms with Gasteiger partial charge in [0, 0.05) is 10.6 Å². The zero-order valence-electron chi connectivity index (χ0n) is 16.7. The van der Waals surface area contributed by atoms with Crippen molar-refractivity contribution in [2.24, 2.45) is 0 Å². The van der Waals surface area contributed by atoms with Gasteiger partial charge in [-0.1, -0.05) is 35.1 Å². The second kappa shape index (κ2) is 8.49. The molecule has 0 spiro atoms. The van der Waals surface area contributed by atoms with E-state index >= 15 is 0 Å². The first-order valence-corrected chi connectivity index (χ1v) is 10.7. The van der Waals surface area contributed by atoms with Crippen LogP contribution in [0.15, 0.2) is 54.1 Å². The summed E-state index contributed by atoms with van der Waals surface area (Å²) in [5, 5.41) is 20.5. The molecule has 31 heavy (non-hydrogen) atoms. The molecule has 7 nitrogen and oxygen atoms in total. The van der Waals surface area contributed by atoms with Crippen molar-refractivity contribution in [3.05, 3.63) is 75.3 Å². The fourth-order valence-corrected chi connectivity index (χ4v) is 4.25. The largest absolute Gasteiger partial charge is 0.507 e. The van der Waals surface area contributed by atoms with Gasteiger partial charge in [-0.2, -0.15) is 0 Å². The van der Waals surface area contributed by atoms with Crippen molar-refractivity contribution < 1.29 is 19.4 Å². The number of halogens is 1. The van der Waals surface area contributed by atoms with Crippen LogP contribution in [0.2, 0.25) is 5.02 Å². The maximum Gasteiger partial charge on any atom is 0.301 e. The maximum atomic E-state index is 13.0. The molecule has 9 heteroatoms. The second-order valence-electron chi connectivity index (χ2n) is 6.78. The third kappa shape index (κ3) is 3.92. The van der Waals surface area contributed by atoms with E-state index in [9.17, 15) is 14.7 Å². The average molecular weight is 456 g/mol. The lowest BCUT2D eigenvalue weighted by Gasteiger charge is -2.22. The summed E-state index contributed by atoms with van der Waals surface area (Å²) in [4.78, 5) is 27.3. The molecular weight excluding hydrogens is 438 g/mol. The Bertz CT molecular complexity index is 1170. The number of aliphatic hydroxyl groups is 1. The molecule has 0 saturated carbocycles. The van der Waals surface area contributed by atoms with Crippen LogP contribution in [0.1, 0.15) is 29.1 Å². The number of aromatic nitrogens is 2. The van der Waals surface area contributed by atoms with Crippen LogP contribution >= 0.6 is 22.9 Å². The molecule has 158 valence electrons. The quantitative estimate of drug-likeness (QED) is 0.345. The smallest absolute Gasteiger partial charge is 0.301 e. The van der Waals surface area contributed by atoms with Gasteiger partial charge in [-0.3, -0.25) is 14.5 Å². The van der Waals surface area contributed by atoms with Gasteiger partial charge in [0.15, 0.2) is 0 Å². The average Bonchev–Trinajstić information content (AvgIpc) is 3.30. The Hall–Kier alpha value is -3.23. The predicted molar refractivity (Wildman–Crippen MR) is 118 cm³/mol. The Balaban J connectivity index is 1.87. The van der Waals surface area contributed by atoms with E-state index in [0.717, 1.165) is 0 Å². The number of hydrogen-bond acceptors (Lipinski definition) is 7. The van der Waals surface area contributed by atoms with E-state index in [0.29, 0.717) is 33.5 Å². The fraction of sp³-hybridized carbons (Fsp3) is 0.182. The summed E-state index contributed by atoms with van der Waals surface area (Å²) < 4.78 is 5.43. The van der Waals surface area contributed by atoms with E-state index in [1.165, 1.54) is 16.2 Å². The van der Waals surface area contributed by atoms with Crippen molar-refractivity contribution in [3.63, 3.8) is 0 Å². The van der Waals surface area contributed by atoms with Crippen LogP contribution in [0.3, 0.4) is 0 Å². The van der Waals surface area contributed by atoms with Crippen LogP contribution in [-0.4, -0.2) is 33.6 Å².